The monoisotopic (exact) mass is 541 g/mol. The molecular weight excluding hydrogens is 502 g/mol. The molecule has 0 aromatic carbocycles. The molecule has 214 valence electrons. The van der Waals surface area contributed by atoms with Crippen LogP contribution < -0.4 is 0 Å². The van der Waals surface area contributed by atoms with E-state index in [2.05, 4.69) is 0 Å². The predicted octanol–water partition coefficient (Wildman–Crippen LogP) is 0.840. The Bertz CT molecular complexity index is 947. The van der Waals surface area contributed by atoms with Gasteiger partial charge in [-0.25, -0.2) is 19.2 Å². The van der Waals surface area contributed by atoms with Gasteiger partial charge in [-0.3, -0.25) is 0 Å². The van der Waals surface area contributed by atoms with Crippen LogP contribution in [0.25, 0.3) is 0 Å². The maximum Gasteiger partial charge on any atom is 0.335 e. The second kappa shape index (κ2) is 16.5. The Hall–Kier alpha value is -3.32. The van der Waals surface area contributed by atoms with Gasteiger partial charge in [-0.15, -0.1) is 0 Å². The first kappa shape index (κ1) is 34.7. The number of carboxylic acid groups (broad SMARTS) is 3. The van der Waals surface area contributed by atoms with Gasteiger partial charge in [0.2, 0.25) is 0 Å². The summed E-state index contributed by atoms with van der Waals surface area (Å²) in [5.41, 5.74) is -1.82. The van der Waals surface area contributed by atoms with E-state index in [1.165, 1.54) is 39.0 Å². The van der Waals surface area contributed by atoms with Gasteiger partial charge in [-0.1, -0.05) is 12.2 Å². The molecule has 0 heterocycles. The molecule has 0 unspecified atom stereocenters. The number of ether oxygens (including phenoxy) is 1. The fraction of sp³-hybridized carbons (Fsp3) is 0.538. The number of carbonyl (C=O) groups is 4. The van der Waals surface area contributed by atoms with Crippen LogP contribution in [0.2, 0.25) is 0 Å². The minimum atomic E-state index is -1.32. The van der Waals surface area contributed by atoms with Gasteiger partial charge < -0.3 is 40.3 Å². The van der Waals surface area contributed by atoms with Crippen molar-refractivity contribution in [1.82, 2.24) is 4.90 Å². The largest absolute Gasteiger partial charge is 0.478 e. The predicted molar refractivity (Wildman–Crippen MR) is 137 cm³/mol. The number of carboxylic acids is 3. The van der Waals surface area contributed by atoms with Crippen molar-refractivity contribution in [2.75, 3.05) is 47.1 Å². The van der Waals surface area contributed by atoms with E-state index in [9.17, 15) is 49.8 Å². The van der Waals surface area contributed by atoms with E-state index in [1.54, 1.807) is 19.0 Å². The summed E-state index contributed by atoms with van der Waals surface area (Å²) in [5.74, 6) is -6.08. The number of rotatable bonds is 17. The summed E-state index contributed by atoms with van der Waals surface area (Å²) in [7, 11) is 3.50. The molecule has 0 bridgehead atoms. The Morgan fingerprint density at radius 3 is 1.63 bits per heavy atom. The fourth-order valence-electron chi connectivity index (χ4n) is 3.15. The van der Waals surface area contributed by atoms with Gasteiger partial charge >= 0.3 is 23.9 Å². The number of hydrogen-bond acceptors (Lipinski definition) is 9. The van der Waals surface area contributed by atoms with Crippen LogP contribution in [0.5, 0.6) is 0 Å². The lowest BCUT2D eigenvalue weighted by molar-refractivity contribution is -0.141. The highest BCUT2D eigenvalue weighted by molar-refractivity contribution is 5.94. The zero-order valence-corrected chi connectivity index (χ0v) is 22.4. The third-order valence-corrected chi connectivity index (χ3v) is 5.86. The van der Waals surface area contributed by atoms with Crippen LogP contribution in [0.15, 0.2) is 46.1 Å². The van der Waals surface area contributed by atoms with Crippen molar-refractivity contribution < 1.29 is 54.6 Å². The van der Waals surface area contributed by atoms with Crippen molar-refractivity contribution in [3.63, 3.8) is 0 Å². The second-order valence-corrected chi connectivity index (χ2v) is 9.32. The molecule has 12 heteroatoms. The molecule has 0 radical (unpaired) electrons. The van der Waals surface area contributed by atoms with Crippen LogP contribution in [-0.4, -0.2) is 106 Å². The number of esters is 1. The van der Waals surface area contributed by atoms with Gasteiger partial charge in [0.05, 0.1) is 32.0 Å². The zero-order valence-electron chi connectivity index (χ0n) is 22.4. The van der Waals surface area contributed by atoms with Gasteiger partial charge in [0.1, 0.15) is 0 Å². The van der Waals surface area contributed by atoms with Crippen molar-refractivity contribution in [1.29, 1.82) is 0 Å². The number of aliphatic carboxylic acids is 3. The Kier molecular flexibility index (Phi) is 15.1. The highest BCUT2D eigenvalue weighted by Gasteiger charge is 2.30. The van der Waals surface area contributed by atoms with Crippen molar-refractivity contribution in [3.8, 4) is 0 Å². The average molecular weight is 542 g/mol. The maximum absolute atomic E-state index is 13.5. The molecule has 0 rings (SSSR count). The Morgan fingerprint density at radius 2 is 1.26 bits per heavy atom. The van der Waals surface area contributed by atoms with Gasteiger partial charge in [-0.05, 0) is 59.4 Å². The Balaban J connectivity index is 7.13. The molecule has 0 fully saturated rings. The molecule has 38 heavy (non-hydrogen) atoms. The van der Waals surface area contributed by atoms with Crippen molar-refractivity contribution in [3.05, 3.63) is 46.1 Å². The molecule has 0 saturated carbocycles. The van der Waals surface area contributed by atoms with Gasteiger partial charge in [0, 0.05) is 34.6 Å². The number of carbonyl (C=O) groups excluding carboxylic acids is 1. The van der Waals surface area contributed by atoms with E-state index < -0.39 is 55.0 Å². The lowest BCUT2D eigenvalue weighted by Crippen LogP contribution is -2.35. The van der Waals surface area contributed by atoms with E-state index in [4.69, 9.17) is 4.74 Å². The third-order valence-electron chi connectivity index (χ3n) is 5.86. The van der Waals surface area contributed by atoms with Gasteiger partial charge in [0.15, 0.2) is 0 Å². The summed E-state index contributed by atoms with van der Waals surface area (Å²) in [4.78, 5) is 50.0. The smallest absolute Gasteiger partial charge is 0.335 e. The van der Waals surface area contributed by atoms with E-state index in [0.29, 0.717) is 6.54 Å². The first-order valence-corrected chi connectivity index (χ1v) is 11.8. The highest BCUT2D eigenvalue weighted by Crippen LogP contribution is 2.28. The lowest BCUT2D eigenvalue weighted by atomic mass is 9.87. The SMILES string of the molecule is CC(=CC(CCN(C)C)=C(C(=O)OCCC(CO)(CO)CO)C(C=C(C)C(=O)O)C=C(C)C(=O)O)C(=O)O. The molecular formula is C26H39NO11. The normalized spacial score (nSPS) is 14.7. The summed E-state index contributed by atoms with van der Waals surface area (Å²) in [6, 6.07) is 0. The molecule has 0 aliphatic rings. The minimum Gasteiger partial charge on any atom is -0.478 e. The summed E-state index contributed by atoms with van der Waals surface area (Å²) in [6.45, 7) is 2.08. The van der Waals surface area contributed by atoms with Crippen LogP contribution in [-0.2, 0) is 23.9 Å². The zero-order chi connectivity index (χ0) is 29.6. The van der Waals surface area contributed by atoms with E-state index in [1.807, 2.05) is 0 Å². The number of hydrogen-bond donors (Lipinski definition) is 6. The maximum atomic E-state index is 13.5. The summed E-state index contributed by atoms with van der Waals surface area (Å²) < 4.78 is 5.39. The molecule has 0 aromatic heterocycles. The highest BCUT2D eigenvalue weighted by atomic mass is 16.5. The topological polar surface area (TPSA) is 202 Å². The molecule has 0 atom stereocenters. The summed E-state index contributed by atoms with van der Waals surface area (Å²) >= 11 is 0. The number of allylic oxidation sites excluding steroid dienone is 3. The standard InChI is InChI=1S/C26H39NO11/c1-16(22(31)32)10-19(6-8-27(4)5)21(25(37)38-9-7-26(13-28,14-29)15-30)20(11-17(2)23(33)34)12-18(3)24(35)36/h10-12,20,28-30H,6-9,13-15H2,1-5H3,(H,31,32)(H,33,34)(H,35,36). The van der Waals surface area contributed by atoms with Crippen LogP contribution in [0.1, 0.15) is 33.6 Å². The van der Waals surface area contributed by atoms with E-state index >= 15 is 0 Å². The molecule has 0 aromatic rings. The molecule has 0 saturated heterocycles. The van der Waals surface area contributed by atoms with E-state index in [-0.39, 0.29) is 47.3 Å². The lowest BCUT2D eigenvalue weighted by Gasteiger charge is -2.27. The van der Waals surface area contributed by atoms with Crippen LogP contribution in [0.4, 0.5) is 0 Å². The quantitative estimate of drug-likeness (QED) is 0.0862. The first-order chi connectivity index (χ1) is 17.6. The molecule has 0 aliphatic heterocycles. The molecule has 0 amide bonds. The third kappa shape index (κ3) is 11.4. The fourth-order valence-corrected chi connectivity index (χ4v) is 3.15. The molecule has 0 aliphatic carbocycles. The Labute approximate surface area is 221 Å². The number of aliphatic hydroxyl groups excluding tert-OH is 3. The second-order valence-electron chi connectivity index (χ2n) is 9.32. The van der Waals surface area contributed by atoms with E-state index in [0.717, 1.165) is 0 Å². The summed E-state index contributed by atoms with van der Waals surface area (Å²) in [5, 5.41) is 56.9. The number of nitrogens with zero attached hydrogens (tertiary/aromatic N) is 1. The van der Waals surface area contributed by atoms with Crippen LogP contribution in [0, 0.1) is 11.3 Å². The number of aliphatic hydroxyl groups is 3. The average Bonchev–Trinajstić information content (AvgIpc) is 2.84. The molecule has 6 N–H and O–H groups in total. The molecule has 12 nitrogen and oxygen atoms in total. The van der Waals surface area contributed by atoms with Crippen molar-refractivity contribution >= 4 is 23.9 Å². The van der Waals surface area contributed by atoms with Crippen LogP contribution >= 0.6 is 0 Å². The minimum absolute atomic E-state index is 0.120. The van der Waals surface area contributed by atoms with Crippen LogP contribution in [0.3, 0.4) is 0 Å². The molecule has 0 spiro atoms. The van der Waals surface area contributed by atoms with Gasteiger partial charge in [-0.2, -0.15) is 0 Å². The first-order valence-electron chi connectivity index (χ1n) is 11.8. The summed E-state index contributed by atoms with van der Waals surface area (Å²) in [6.07, 6.45) is 3.61. The van der Waals surface area contributed by atoms with Gasteiger partial charge in [0.25, 0.3) is 0 Å². The Morgan fingerprint density at radius 1 is 0.816 bits per heavy atom. The van der Waals surface area contributed by atoms with Crippen molar-refractivity contribution in [2.45, 2.75) is 33.6 Å². The van der Waals surface area contributed by atoms with Crippen molar-refractivity contribution in [2.24, 2.45) is 11.3 Å².